The van der Waals surface area contributed by atoms with E-state index in [0.29, 0.717) is 43.1 Å². The zero-order chi connectivity index (χ0) is 31.3. The largest absolute Gasteiger partial charge is 0.358 e. The van der Waals surface area contributed by atoms with Gasteiger partial charge in [0.05, 0.1) is 54.0 Å². The molecular weight excluding hydrogens is 727 g/mol. The summed E-state index contributed by atoms with van der Waals surface area (Å²) in [5.41, 5.74) is 5.55. The fourth-order valence-electron chi connectivity index (χ4n) is 5.85. The first kappa shape index (κ1) is 31.7. The lowest BCUT2D eigenvalue weighted by Gasteiger charge is -2.34. The van der Waals surface area contributed by atoms with Crippen LogP contribution in [0, 0.1) is 5.92 Å². The molecule has 5 heterocycles. The number of amides is 2. The Kier molecular flexibility index (Phi) is 10.2. The zero-order valence-electron chi connectivity index (χ0n) is 24.6. The molecule has 0 unspecified atom stereocenters. The number of hydrogen-bond acceptors (Lipinski definition) is 8. The summed E-state index contributed by atoms with van der Waals surface area (Å²) in [6.07, 6.45) is 11.2. The molecule has 3 aromatic heterocycles. The van der Waals surface area contributed by atoms with Gasteiger partial charge in [0, 0.05) is 46.6 Å². The average Bonchev–Trinajstić information content (AvgIpc) is 3.72. The standard InChI is InChI=1S/C31H32ClIN8O3S/c1-20-3-2-4-28(39-11-8-21(16-29(39)42)24-17-23(32)5-6-27(24)40-12-10-35-38-40)25-15-22(7-9-34-25)30-26(37-31(20)43)18-36-41(30)19-44-13-14-45-33/h5-7,9-10,12,15-18,20,28H,2-4,8,11,13-14,19H2,1H3,(H,37,43)/t20-,28+/m1/s1. The molecule has 1 N–H and O–H groups in total. The molecule has 0 radical (unpaired) electrons. The number of benzene rings is 1. The summed E-state index contributed by atoms with van der Waals surface area (Å²) < 4.78 is 9.30. The van der Waals surface area contributed by atoms with Gasteiger partial charge >= 0.3 is 0 Å². The van der Waals surface area contributed by atoms with E-state index >= 15 is 0 Å². The molecule has 0 saturated carbocycles. The Morgan fingerprint density at radius 2 is 2.07 bits per heavy atom. The number of fused-ring (bicyclic) bond motifs is 4. The summed E-state index contributed by atoms with van der Waals surface area (Å²) in [5, 5.41) is 16.3. The Bertz CT molecular complexity index is 1710. The molecule has 1 aromatic carbocycles. The Hall–Kier alpha value is -3.27. The highest BCUT2D eigenvalue weighted by Gasteiger charge is 2.31. The smallest absolute Gasteiger partial charge is 0.247 e. The number of pyridine rings is 1. The second-order valence-electron chi connectivity index (χ2n) is 11.0. The third-order valence-electron chi connectivity index (χ3n) is 8.13. The number of anilines is 1. The van der Waals surface area contributed by atoms with Gasteiger partial charge in [0.2, 0.25) is 11.8 Å². The molecule has 45 heavy (non-hydrogen) atoms. The molecule has 0 aliphatic carbocycles. The molecule has 2 bridgehead atoms. The van der Waals surface area contributed by atoms with Gasteiger partial charge in [-0.2, -0.15) is 5.10 Å². The first-order chi connectivity index (χ1) is 21.9. The molecular formula is C31H32ClIN8O3S. The number of nitrogens with one attached hydrogen (secondary N) is 1. The Balaban J connectivity index is 1.34. The van der Waals surface area contributed by atoms with Gasteiger partial charge in [0.15, 0.2) is 0 Å². The van der Waals surface area contributed by atoms with Crippen molar-refractivity contribution in [1.29, 1.82) is 0 Å². The van der Waals surface area contributed by atoms with Crippen LogP contribution in [0.3, 0.4) is 0 Å². The van der Waals surface area contributed by atoms with E-state index < -0.39 is 0 Å². The molecule has 11 nitrogen and oxygen atoms in total. The van der Waals surface area contributed by atoms with Gasteiger partial charge in [-0.1, -0.05) is 39.1 Å². The van der Waals surface area contributed by atoms with Crippen molar-refractivity contribution in [3.8, 4) is 16.9 Å². The van der Waals surface area contributed by atoms with Gasteiger partial charge < -0.3 is 15.0 Å². The number of rotatable bonds is 8. The van der Waals surface area contributed by atoms with E-state index in [9.17, 15) is 9.59 Å². The van der Waals surface area contributed by atoms with Crippen molar-refractivity contribution < 1.29 is 14.3 Å². The van der Waals surface area contributed by atoms with Gasteiger partial charge in [-0.05, 0) is 76.4 Å². The lowest BCUT2D eigenvalue weighted by molar-refractivity contribution is -0.129. The molecule has 2 amide bonds. The minimum absolute atomic E-state index is 0.0595. The molecule has 0 spiro atoms. The maximum absolute atomic E-state index is 13.9. The quantitative estimate of drug-likeness (QED) is 0.163. The number of aromatic nitrogens is 6. The first-order valence-corrected chi connectivity index (χ1v) is 18.7. The van der Waals surface area contributed by atoms with Crippen molar-refractivity contribution in [1.82, 2.24) is 34.7 Å². The van der Waals surface area contributed by atoms with E-state index in [1.807, 2.05) is 36.1 Å². The monoisotopic (exact) mass is 758 g/mol. The molecule has 2 aliphatic rings. The van der Waals surface area contributed by atoms with E-state index in [-0.39, 0.29) is 30.5 Å². The lowest BCUT2D eigenvalue weighted by atomic mass is 9.93. The number of ether oxygens (including phenoxy) is 1. The fourth-order valence-corrected chi connectivity index (χ4v) is 6.74. The number of hydrogen-bond donors (Lipinski definition) is 1. The molecule has 0 saturated heterocycles. The third-order valence-corrected chi connectivity index (χ3v) is 10.0. The molecule has 2 aliphatic heterocycles. The van der Waals surface area contributed by atoms with Crippen molar-refractivity contribution in [2.45, 2.75) is 45.4 Å². The van der Waals surface area contributed by atoms with E-state index in [1.54, 1.807) is 55.2 Å². The normalized spacial score (nSPS) is 18.9. The fraction of sp³-hybridized carbons (Fsp3) is 0.355. The van der Waals surface area contributed by atoms with Crippen LogP contribution in [-0.4, -0.2) is 65.4 Å². The maximum Gasteiger partial charge on any atom is 0.247 e. The van der Waals surface area contributed by atoms with Crippen LogP contribution < -0.4 is 5.32 Å². The average molecular weight is 759 g/mol. The Morgan fingerprint density at radius 3 is 2.87 bits per heavy atom. The second-order valence-corrected chi connectivity index (χ2v) is 14.0. The highest BCUT2D eigenvalue weighted by Crippen LogP contribution is 2.37. The highest BCUT2D eigenvalue weighted by molar-refractivity contribution is 14.2. The SMILES string of the molecule is C[C@@H]1CCC[C@H](N2CCC(c3cc(Cl)ccc3-n3ccnn3)=CC2=O)c2cc(ccn2)-c2c(cnn2COCCSI)NC1=O. The van der Waals surface area contributed by atoms with Crippen molar-refractivity contribution in [2.75, 3.05) is 24.2 Å². The van der Waals surface area contributed by atoms with Gasteiger partial charge in [-0.15, -0.1) is 5.10 Å². The summed E-state index contributed by atoms with van der Waals surface area (Å²) >= 11 is 8.64. The van der Waals surface area contributed by atoms with Crippen molar-refractivity contribution in [2.24, 2.45) is 5.92 Å². The van der Waals surface area contributed by atoms with Crippen LogP contribution >= 0.6 is 41.7 Å². The predicted molar refractivity (Wildman–Crippen MR) is 183 cm³/mol. The highest BCUT2D eigenvalue weighted by atomic mass is 127. The van der Waals surface area contributed by atoms with Crippen LogP contribution in [0.5, 0.6) is 0 Å². The molecule has 14 heteroatoms. The summed E-state index contributed by atoms with van der Waals surface area (Å²) in [6.45, 7) is 3.27. The van der Waals surface area contributed by atoms with Crippen LogP contribution in [0.15, 0.2) is 61.2 Å². The molecule has 0 fully saturated rings. The van der Waals surface area contributed by atoms with Gasteiger partial charge in [0.1, 0.15) is 6.73 Å². The summed E-state index contributed by atoms with van der Waals surface area (Å²) in [5.74, 6) is 0.489. The summed E-state index contributed by atoms with van der Waals surface area (Å²) in [7, 11) is 1.68. The lowest BCUT2D eigenvalue weighted by Crippen LogP contribution is -2.38. The van der Waals surface area contributed by atoms with Crippen LogP contribution in [0.1, 0.15) is 49.9 Å². The van der Waals surface area contributed by atoms with E-state index in [2.05, 4.69) is 41.9 Å². The van der Waals surface area contributed by atoms with Crippen molar-refractivity contribution in [3.63, 3.8) is 0 Å². The van der Waals surface area contributed by atoms with Crippen LogP contribution in [-0.2, 0) is 21.1 Å². The zero-order valence-corrected chi connectivity index (χ0v) is 28.3. The first-order valence-electron chi connectivity index (χ1n) is 14.7. The van der Waals surface area contributed by atoms with Gasteiger partial charge in [0.25, 0.3) is 0 Å². The Labute approximate surface area is 282 Å². The molecule has 6 rings (SSSR count). The van der Waals surface area contributed by atoms with Crippen LogP contribution in [0.25, 0.3) is 22.5 Å². The number of nitrogens with zero attached hydrogens (tertiary/aromatic N) is 7. The van der Waals surface area contributed by atoms with Crippen LogP contribution in [0.4, 0.5) is 5.69 Å². The predicted octanol–water partition coefficient (Wildman–Crippen LogP) is 6.35. The number of carbonyl (C=O) groups is 2. The minimum atomic E-state index is -0.268. The van der Waals surface area contributed by atoms with E-state index in [0.717, 1.165) is 45.9 Å². The van der Waals surface area contributed by atoms with Gasteiger partial charge in [-0.3, -0.25) is 14.6 Å². The second kappa shape index (κ2) is 14.4. The number of carbonyl (C=O) groups excluding carboxylic acids is 2. The maximum atomic E-state index is 13.9. The minimum Gasteiger partial charge on any atom is -0.358 e. The Morgan fingerprint density at radius 1 is 1.18 bits per heavy atom. The number of halogens is 2. The van der Waals surface area contributed by atoms with Crippen LogP contribution in [0.2, 0.25) is 5.02 Å². The summed E-state index contributed by atoms with van der Waals surface area (Å²) in [4.78, 5) is 33.7. The van der Waals surface area contributed by atoms with E-state index in [4.69, 9.17) is 21.3 Å². The molecule has 2 atom stereocenters. The molecule has 234 valence electrons. The van der Waals surface area contributed by atoms with E-state index in [1.165, 1.54) is 0 Å². The van der Waals surface area contributed by atoms with Crippen molar-refractivity contribution >= 4 is 64.8 Å². The topological polar surface area (TPSA) is 120 Å². The van der Waals surface area contributed by atoms with Crippen molar-refractivity contribution in [3.05, 3.63) is 77.5 Å². The van der Waals surface area contributed by atoms with Gasteiger partial charge in [-0.25, -0.2) is 9.36 Å². The molecule has 4 aromatic rings. The summed E-state index contributed by atoms with van der Waals surface area (Å²) in [6, 6.07) is 9.20. The third kappa shape index (κ3) is 7.11.